The summed E-state index contributed by atoms with van der Waals surface area (Å²) in [5.74, 6) is -0.145. The molecule has 2 unspecified atom stereocenters. The van der Waals surface area contributed by atoms with Gasteiger partial charge >= 0.3 is 5.97 Å². The molecule has 0 fully saturated rings. The lowest BCUT2D eigenvalue weighted by Gasteiger charge is -2.20. The van der Waals surface area contributed by atoms with Gasteiger partial charge in [0.15, 0.2) is 0 Å². The van der Waals surface area contributed by atoms with Crippen LogP contribution >= 0.6 is 0 Å². The van der Waals surface area contributed by atoms with Gasteiger partial charge in [-0.25, -0.2) is 0 Å². The second-order valence-electron chi connectivity index (χ2n) is 18.5. The summed E-state index contributed by atoms with van der Waals surface area (Å²) in [4.78, 5) is 24.5. The van der Waals surface area contributed by atoms with E-state index in [0.29, 0.717) is 19.4 Å². The van der Waals surface area contributed by atoms with Crippen molar-refractivity contribution >= 4 is 11.9 Å². The quantitative estimate of drug-likeness (QED) is 0.0321. The standard InChI is InChI=1S/C56H105NO5/c1-3-5-7-9-11-13-15-17-19-21-23-24-26-28-32-36-40-44-48-54(59)53(52-58)57-55(60)49-45-41-37-33-30-31-35-39-43-47-51-62-56(61)50-46-42-38-34-29-27-25-22-20-18-16-14-12-10-8-6-4-2/h18,20,31,35,44,48,53-54,58-59H,3-17,19,21-30,32-34,36-43,45-47,49-52H2,1-2H3,(H,57,60)/b20-18-,35-31-,48-44+. The summed E-state index contributed by atoms with van der Waals surface area (Å²) in [6.07, 6.45) is 63.0. The fraction of sp³-hybridized carbons (Fsp3) is 0.857. The van der Waals surface area contributed by atoms with Crippen LogP contribution in [-0.4, -0.2) is 47.4 Å². The minimum absolute atomic E-state index is 0.0419. The van der Waals surface area contributed by atoms with E-state index in [2.05, 4.69) is 43.5 Å². The number of aliphatic hydroxyl groups is 2. The Bertz CT molecular complexity index is 1010. The normalized spacial score (nSPS) is 12.9. The van der Waals surface area contributed by atoms with Crippen molar-refractivity contribution in [3.8, 4) is 0 Å². The fourth-order valence-corrected chi connectivity index (χ4v) is 8.15. The predicted molar refractivity (Wildman–Crippen MR) is 269 cm³/mol. The van der Waals surface area contributed by atoms with E-state index < -0.39 is 12.1 Å². The van der Waals surface area contributed by atoms with Crippen LogP contribution in [-0.2, 0) is 14.3 Å². The highest BCUT2D eigenvalue weighted by Crippen LogP contribution is 2.16. The maximum atomic E-state index is 12.4. The molecule has 0 saturated heterocycles. The van der Waals surface area contributed by atoms with Crippen LogP contribution in [0.25, 0.3) is 0 Å². The minimum atomic E-state index is -0.867. The molecule has 62 heavy (non-hydrogen) atoms. The first-order valence-electron chi connectivity index (χ1n) is 27.3. The molecule has 0 bridgehead atoms. The molecule has 6 nitrogen and oxygen atoms in total. The Kier molecular flexibility index (Phi) is 50.1. The summed E-state index contributed by atoms with van der Waals surface area (Å²) in [5, 5.41) is 23.1. The van der Waals surface area contributed by atoms with Crippen LogP contribution in [0.15, 0.2) is 36.5 Å². The number of nitrogens with one attached hydrogen (secondary N) is 1. The monoisotopic (exact) mass is 872 g/mol. The van der Waals surface area contributed by atoms with Gasteiger partial charge in [0, 0.05) is 12.8 Å². The molecule has 0 aromatic heterocycles. The fourth-order valence-electron chi connectivity index (χ4n) is 8.15. The molecule has 0 heterocycles. The Morgan fingerprint density at radius 2 is 0.758 bits per heavy atom. The molecule has 0 saturated carbocycles. The van der Waals surface area contributed by atoms with Crippen LogP contribution in [0, 0.1) is 0 Å². The number of hydrogen-bond acceptors (Lipinski definition) is 5. The molecule has 364 valence electrons. The molecule has 0 spiro atoms. The van der Waals surface area contributed by atoms with Gasteiger partial charge in [-0.05, 0) is 83.5 Å². The van der Waals surface area contributed by atoms with E-state index >= 15 is 0 Å². The van der Waals surface area contributed by atoms with E-state index in [0.717, 1.165) is 77.0 Å². The van der Waals surface area contributed by atoms with Gasteiger partial charge in [0.2, 0.25) is 5.91 Å². The zero-order valence-corrected chi connectivity index (χ0v) is 41.4. The molecule has 0 aliphatic rings. The van der Waals surface area contributed by atoms with Gasteiger partial charge in [-0.15, -0.1) is 0 Å². The molecule has 0 aromatic carbocycles. The SMILES string of the molecule is CCCCCCCC/C=C\CCCCCCCCCC(=O)OCCCC/C=C\CCCCCCC(=O)NC(CO)C(O)/C=C/CCCCCCCCCCCCCCCCCC. The number of rotatable bonds is 50. The average molecular weight is 872 g/mol. The molecule has 2 atom stereocenters. The Balaban J connectivity index is 3.56. The summed E-state index contributed by atoms with van der Waals surface area (Å²) in [6, 6.07) is -0.654. The summed E-state index contributed by atoms with van der Waals surface area (Å²) in [7, 11) is 0. The number of carbonyl (C=O) groups excluding carboxylic acids is 2. The highest BCUT2D eigenvalue weighted by Gasteiger charge is 2.18. The molecule has 0 aromatic rings. The number of esters is 1. The number of aliphatic hydroxyl groups excluding tert-OH is 2. The maximum Gasteiger partial charge on any atom is 0.305 e. The number of ether oxygens (including phenoxy) is 1. The Morgan fingerprint density at radius 3 is 1.15 bits per heavy atom. The van der Waals surface area contributed by atoms with Crippen LogP contribution in [0.4, 0.5) is 0 Å². The highest BCUT2D eigenvalue weighted by molar-refractivity contribution is 5.76. The van der Waals surface area contributed by atoms with Gasteiger partial charge in [0.1, 0.15) is 0 Å². The lowest BCUT2D eigenvalue weighted by molar-refractivity contribution is -0.143. The Morgan fingerprint density at radius 1 is 0.435 bits per heavy atom. The third kappa shape index (κ3) is 47.6. The lowest BCUT2D eigenvalue weighted by Crippen LogP contribution is -2.45. The van der Waals surface area contributed by atoms with Crippen LogP contribution < -0.4 is 5.32 Å². The average Bonchev–Trinajstić information content (AvgIpc) is 3.27. The van der Waals surface area contributed by atoms with Crippen LogP contribution in [0.1, 0.15) is 284 Å². The van der Waals surface area contributed by atoms with Crippen LogP contribution in [0.5, 0.6) is 0 Å². The zero-order valence-electron chi connectivity index (χ0n) is 41.4. The van der Waals surface area contributed by atoms with Crippen molar-refractivity contribution in [3.05, 3.63) is 36.5 Å². The summed E-state index contributed by atoms with van der Waals surface area (Å²) in [6.45, 7) is 4.81. The Hall–Kier alpha value is -1.92. The molecule has 0 rings (SSSR count). The van der Waals surface area contributed by atoms with Crippen molar-refractivity contribution in [2.45, 2.75) is 296 Å². The lowest BCUT2D eigenvalue weighted by atomic mass is 10.0. The molecular weight excluding hydrogens is 767 g/mol. The van der Waals surface area contributed by atoms with Crippen molar-refractivity contribution in [2.75, 3.05) is 13.2 Å². The molecule has 0 aliphatic carbocycles. The largest absolute Gasteiger partial charge is 0.466 e. The summed E-state index contributed by atoms with van der Waals surface area (Å²) >= 11 is 0. The number of hydrogen-bond donors (Lipinski definition) is 3. The Labute approximate surface area is 385 Å². The molecular formula is C56H105NO5. The van der Waals surface area contributed by atoms with Crippen LogP contribution in [0.2, 0.25) is 0 Å². The smallest absolute Gasteiger partial charge is 0.305 e. The van der Waals surface area contributed by atoms with Crippen LogP contribution in [0.3, 0.4) is 0 Å². The maximum absolute atomic E-state index is 12.4. The van der Waals surface area contributed by atoms with Crippen molar-refractivity contribution in [3.63, 3.8) is 0 Å². The van der Waals surface area contributed by atoms with E-state index in [9.17, 15) is 19.8 Å². The van der Waals surface area contributed by atoms with Crippen molar-refractivity contribution < 1.29 is 24.5 Å². The van der Waals surface area contributed by atoms with E-state index in [1.54, 1.807) is 6.08 Å². The molecule has 6 heteroatoms. The summed E-state index contributed by atoms with van der Waals surface area (Å²) in [5.41, 5.74) is 0. The second kappa shape index (κ2) is 51.7. The van der Waals surface area contributed by atoms with Gasteiger partial charge in [-0.3, -0.25) is 9.59 Å². The molecule has 3 N–H and O–H groups in total. The predicted octanol–water partition coefficient (Wildman–Crippen LogP) is 16.5. The number of carbonyl (C=O) groups is 2. The van der Waals surface area contributed by atoms with Gasteiger partial charge in [-0.1, -0.05) is 224 Å². The third-order valence-electron chi connectivity index (χ3n) is 12.4. The van der Waals surface area contributed by atoms with Crippen molar-refractivity contribution in [1.82, 2.24) is 5.32 Å². The first kappa shape index (κ1) is 60.1. The van der Waals surface area contributed by atoms with Gasteiger partial charge in [0.05, 0.1) is 25.4 Å². The molecule has 0 aliphatic heterocycles. The van der Waals surface area contributed by atoms with Gasteiger partial charge in [0.25, 0.3) is 0 Å². The number of allylic oxidation sites excluding steroid dienone is 5. The highest BCUT2D eigenvalue weighted by atomic mass is 16.5. The second-order valence-corrected chi connectivity index (χ2v) is 18.5. The minimum Gasteiger partial charge on any atom is -0.466 e. The third-order valence-corrected chi connectivity index (χ3v) is 12.4. The molecule has 0 radical (unpaired) electrons. The summed E-state index contributed by atoms with van der Waals surface area (Å²) < 4.78 is 5.44. The van der Waals surface area contributed by atoms with Crippen molar-refractivity contribution in [2.24, 2.45) is 0 Å². The first-order chi connectivity index (χ1) is 30.5. The topological polar surface area (TPSA) is 95.9 Å². The van der Waals surface area contributed by atoms with Crippen molar-refractivity contribution in [1.29, 1.82) is 0 Å². The number of amides is 1. The number of unbranched alkanes of at least 4 members (excludes halogenated alkanes) is 35. The molecule has 1 amide bonds. The van der Waals surface area contributed by atoms with Gasteiger partial charge < -0.3 is 20.3 Å². The van der Waals surface area contributed by atoms with E-state index in [4.69, 9.17) is 4.74 Å². The van der Waals surface area contributed by atoms with E-state index in [-0.39, 0.29) is 18.5 Å². The van der Waals surface area contributed by atoms with E-state index in [1.807, 2.05) is 6.08 Å². The van der Waals surface area contributed by atoms with Gasteiger partial charge in [-0.2, -0.15) is 0 Å². The first-order valence-corrected chi connectivity index (χ1v) is 27.3. The zero-order chi connectivity index (χ0) is 45.1. The van der Waals surface area contributed by atoms with E-state index in [1.165, 1.54) is 180 Å².